The van der Waals surface area contributed by atoms with Gasteiger partial charge in [0.1, 0.15) is 36.8 Å². The number of methoxy groups -OCH3 is 1. The van der Waals surface area contributed by atoms with Crippen LogP contribution in [0, 0.1) is 53.4 Å². The summed E-state index contributed by atoms with van der Waals surface area (Å²) in [5.41, 5.74) is 17.2. The van der Waals surface area contributed by atoms with Crippen LogP contribution >= 0.6 is 0 Å². The molecule has 4 amide bonds. The predicted molar refractivity (Wildman–Crippen MR) is 448 cm³/mol. The largest absolute Gasteiger partial charge is 1.00 e. The molecule has 6 aromatic carbocycles. The van der Waals surface area contributed by atoms with Crippen LogP contribution in [-0.4, -0.2) is 169 Å². The van der Waals surface area contributed by atoms with Crippen LogP contribution in [0.15, 0.2) is 131 Å². The molecule has 2 saturated heterocycles. The molecule has 118 heavy (non-hydrogen) atoms. The van der Waals surface area contributed by atoms with E-state index in [1.807, 2.05) is 146 Å². The van der Waals surface area contributed by atoms with Crippen molar-refractivity contribution in [3.63, 3.8) is 0 Å². The molecule has 4 aliphatic rings. The fraction of sp³-hybridized carbons (Fsp3) is 0.429. The van der Waals surface area contributed by atoms with Gasteiger partial charge in [-0.05, 0) is 220 Å². The molecule has 626 valence electrons. The molecule has 8 N–H and O–H groups in total. The first kappa shape index (κ1) is 93.1. The Labute approximate surface area is 702 Å². The Morgan fingerprint density at radius 2 is 0.907 bits per heavy atom. The fourth-order valence-corrected chi connectivity index (χ4v) is 16.1. The summed E-state index contributed by atoms with van der Waals surface area (Å²) in [5, 5.41) is 15.7. The van der Waals surface area contributed by atoms with Crippen LogP contribution in [-0.2, 0) is 72.7 Å². The molecule has 26 nitrogen and oxygen atoms in total. The van der Waals surface area contributed by atoms with Gasteiger partial charge in [-0.3, -0.25) is 28.8 Å². The van der Waals surface area contributed by atoms with Crippen molar-refractivity contribution >= 4 is 46.9 Å². The van der Waals surface area contributed by atoms with Gasteiger partial charge in [-0.15, -0.1) is 0 Å². The summed E-state index contributed by atoms with van der Waals surface area (Å²) < 4.78 is 40.0. The number of aromatic amines is 2. The summed E-state index contributed by atoms with van der Waals surface area (Å²) >= 11 is 0. The number of aliphatic carboxylic acids is 1. The van der Waals surface area contributed by atoms with E-state index in [9.17, 15) is 43.5 Å². The van der Waals surface area contributed by atoms with Crippen molar-refractivity contribution in [2.24, 2.45) is 11.8 Å². The van der Waals surface area contributed by atoms with Crippen LogP contribution in [0.1, 0.15) is 176 Å². The number of amides is 4. The number of nitrogens with zero attached hydrogens (tertiary/aromatic N) is 4. The van der Waals surface area contributed by atoms with Gasteiger partial charge in [0.05, 0.1) is 33.5 Å². The van der Waals surface area contributed by atoms with Crippen molar-refractivity contribution in [2.75, 3.05) is 82.9 Å². The van der Waals surface area contributed by atoms with E-state index in [4.69, 9.17) is 33.2 Å². The molecule has 4 aliphatic heterocycles. The summed E-state index contributed by atoms with van der Waals surface area (Å²) in [4.78, 5) is 117. The number of hydrogen-bond donors (Lipinski definition) is 5. The number of nitrogens with one attached hydrogen (secondary N) is 4. The van der Waals surface area contributed by atoms with Crippen molar-refractivity contribution in [1.82, 2.24) is 30.4 Å². The van der Waals surface area contributed by atoms with Crippen LogP contribution in [0.2, 0.25) is 0 Å². The van der Waals surface area contributed by atoms with E-state index in [-0.39, 0.29) is 103 Å². The Kier molecular flexibility index (Phi) is 33.8. The molecule has 0 bridgehead atoms. The van der Waals surface area contributed by atoms with Gasteiger partial charge in [0.2, 0.25) is 0 Å². The first-order valence-corrected chi connectivity index (χ1v) is 40.0. The zero-order valence-corrected chi connectivity index (χ0v) is 70.5. The first-order valence-electron chi connectivity index (χ1n) is 40.0. The molecular weight excluding hydrogens is 1500 g/mol. The Hall–Kier alpha value is -10.4. The van der Waals surface area contributed by atoms with Crippen molar-refractivity contribution in [1.29, 1.82) is 0 Å². The molecule has 6 heterocycles. The summed E-state index contributed by atoms with van der Waals surface area (Å²) in [6.07, 6.45) is 3.65. The number of H-pyrrole nitrogens is 2. The van der Waals surface area contributed by atoms with Gasteiger partial charge in [-0.2, -0.15) is 0 Å². The third kappa shape index (κ3) is 22.3. The third-order valence-electron chi connectivity index (χ3n) is 22.2. The van der Waals surface area contributed by atoms with Gasteiger partial charge in [-0.25, -0.2) is 9.59 Å². The van der Waals surface area contributed by atoms with Crippen molar-refractivity contribution < 1.29 is 96.8 Å². The first-order chi connectivity index (χ1) is 55.2. The number of rotatable bonds is 32. The number of ether oxygens (including phenoxy) is 7. The number of esters is 1. The quantitative estimate of drug-likeness (QED) is 0.0149. The van der Waals surface area contributed by atoms with Crippen LogP contribution in [0.4, 0.5) is 11.4 Å². The number of benzene rings is 6. The smallest absolute Gasteiger partial charge is 0.870 e. The number of aromatic nitrogens is 2. The number of carboxylic acids is 1. The molecule has 0 radical (unpaired) electrons. The van der Waals surface area contributed by atoms with Gasteiger partial charge in [-0.1, -0.05) is 88.4 Å². The topological polar surface area (TPSA) is 351 Å². The Bertz CT molecular complexity index is 4960. The minimum Gasteiger partial charge on any atom is -0.870 e. The van der Waals surface area contributed by atoms with E-state index in [2.05, 4.69) is 56.4 Å². The molecule has 27 heteroatoms. The van der Waals surface area contributed by atoms with Crippen molar-refractivity contribution in [3.05, 3.63) is 231 Å². The monoisotopic (exact) mass is 1610 g/mol. The van der Waals surface area contributed by atoms with Crippen LogP contribution < -0.4 is 59.9 Å². The second-order valence-electron chi connectivity index (χ2n) is 30.8. The van der Waals surface area contributed by atoms with Gasteiger partial charge < -0.3 is 89.4 Å². The van der Waals surface area contributed by atoms with E-state index in [0.717, 1.165) is 128 Å². The molecule has 0 spiro atoms. The SMILES string of the molecule is CCN(c1cc(-c2ccc(COCCOc3ccc4c(c3)C(=O)N([C@H](C(=O)O)C(C)C)C4)cc2)cc(C(=O)NCc2c(C)cc(C)[nH]c2=O)c1C)C1CCOCC1.CCN(c1cc(-c2ccc(COCCOc3ccc4c(c3)C(=O)N([C@H](C(=O)OC)C(C)C)C4)cc2)cc(C(=O)NCc2c(C)cc(C)[nH]c2=O)c1C)C1CCOCC1.O.[Li+].[OH-]. The number of fused-ring (bicyclic) bond motifs is 2. The van der Waals surface area contributed by atoms with Gasteiger partial charge in [0, 0.05) is 134 Å². The summed E-state index contributed by atoms with van der Waals surface area (Å²) in [6.45, 7) is 30.3. The van der Waals surface area contributed by atoms with E-state index in [1.165, 1.54) is 12.0 Å². The maximum absolute atomic E-state index is 13.9. The average molecular weight is 1610 g/mol. The molecule has 2 atom stereocenters. The second-order valence-corrected chi connectivity index (χ2v) is 30.8. The molecule has 2 fully saturated rings. The van der Waals surface area contributed by atoms with Crippen LogP contribution in [0.5, 0.6) is 11.5 Å². The minimum absolute atomic E-state index is 0. The average Bonchev–Trinajstić information content (AvgIpc) is 1.53. The molecule has 0 unspecified atom stereocenters. The van der Waals surface area contributed by atoms with E-state index >= 15 is 0 Å². The molecule has 12 rings (SSSR count). The molecule has 2 aromatic heterocycles. The number of carboxylic acid groups (broad SMARTS) is 1. The zero-order chi connectivity index (χ0) is 82.3. The number of carbonyl (C=O) groups excluding carboxylic acids is 5. The Morgan fingerprint density at radius 3 is 1.25 bits per heavy atom. The fourth-order valence-electron chi connectivity index (χ4n) is 16.1. The standard InChI is InChI=1S/C46H56N4O8.C45H54N4O8.Li.2H2O/c1-8-49(36-15-17-56-18-16-36)41-23-35(22-38(31(41)6)43(51)47-25-40-29(4)21-30(5)48-44(40)52)33-11-9-32(10-12-33)27-57-19-20-58-37-14-13-34-26-50(45(53)39(34)24-37)42(28(2)3)46(54)55-7;1-7-48(35-14-16-55-17-15-35)40-22-34(21-37(30(40)6)42(50)46-24-39-28(4)20-29(5)47-43(39)51)32-10-8-31(9-11-32)26-56-18-19-57-36-13-12-33-25-49(44(52)38(33)23-36)41(27(2)3)45(53)54;;;/h9-14,21-24,28,36,42H,8,15-20,25-27H2,1-7H3,(H,47,51)(H,48,52);8-13,20-23,27,35,41H,7,14-19,24-26H2,1-6H3,(H,46,50)(H,47,51)(H,53,54);;2*1H2/q;;+1;;/p-1/t42-;41-;;;/m00.../s1. The van der Waals surface area contributed by atoms with Gasteiger partial charge in [0.25, 0.3) is 34.7 Å². The number of carbonyl (C=O) groups is 6. The maximum Gasteiger partial charge on any atom is 1.00 e. The summed E-state index contributed by atoms with van der Waals surface area (Å²) in [7, 11) is 1.34. The zero-order valence-electron chi connectivity index (χ0n) is 70.5. The number of anilines is 2. The number of pyridine rings is 2. The Morgan fingerprint density at radius 1 is 0.525 bits per heavy atom. The summed E-state index contributed by atoms with van der Waals surface area (Å²) in [5.74, 6) is -1.65. The van der Waals surface area contributed by atoms with Gasteiger partial charge >= 0.3 is 30.8 Å². The van der Waals surface area contributed by atoms with Crippen molar-refractivity contribution in [2.45, 2.75) is 172 Å². The third-order valence-corrected chi connectivity index (χ3v) is 22.2. The normalized spacial score (nSPS) is 14.4. The number of aryl methyl sites for hydroxylation is 4. The minimum atomic E-state index is -1.01. The van der Waals surface area contributed by atoms with E-state index in [1.54, 1.807) is 36.9 Å². The van der Waals surface area contributed by atoms with Crippen LogP contribution in [0.3, 0.4) is 0 Å². The maximum atomic E-state index is 13.9. The molecule has 0 aliphatic carbocycles. The Balaban J connectivity index is 0.000000287. The number of hydrogen-bond acceptors (Lipinski definition) is 18. The summed E-state index contributed by atoms with van der Waals surface area (Å²) in [6, 6.07) is 38.0. The predicted octanol–water partition coefficient (Wildman–Crippen LogP) is 9.22. The molecule has 0 saturated carbocycles. The van der Waals surface area contributed by atoms with E-state index in [0.29, 0.717) is 123 Å². The van der Waals surface area contributed by atoms with Crippen molar-refractivity contribution in [3.8, 4) is 33.8 Å². The second kappa shape index (κ2) is 42.8. The van der Waals surface area contributed by atoms with Crippen LogP contribution in [0.25, 0.3) is 22.3 Å². The molecular formula is C91H113LiN8O18. The van der Waals surface area contributed by atoms with Gasteiger partial charge in [0.15, 0.2) is 0 Å². The van der Waals surface area contributed by atoms with E-state index < -0.39 is 24.0 Å². The molecule has 8 aromatic rings.